The highest BCUT2D eigenvalue weighted by molar-refractivity contribution is 6.00. The first-order chi connectivity index (χ1) is 21.7. The normalized spacial score (nSPS) is 19.0. The second-order valence-corrected chi connectivity index (χ2v) is 12.2. The van der Waals surface area contributed by atoms with Crippen molar-refractivity contribution in [1.29, 1.82) is 0 Å². The van der Waals surface area contributed by atoms with Crippen LogP contribution in [0.5, 0.6) is 0 Å². The highest BCUT2D eigenvalue weighted by atomic mass is 16.5. The molecule has 3 N–H and O–H groups in total. The van der Waals surface area contributed by atoms with Crippen LogP contribution in [0.25, 0.3) is 0 Å². The fourth-order valence-corrected chi connectivity index (χ4v) is 7.02. The van der Waals surface area contributed by atoms with Crippen molar-refractivity contribution < 1.29 is 19.1 Å². The Hall–Kier alpha value is -3.96. The lowest BCUT2D eigenvalue weighted by Gasteiger charge is -2.40. The number of carbonyl (C=O) groups is 2. The summed E-state index contributed by atoms with van der Waals surface area (Å²) in [5.41, 5.74) is 2.24. The number of allylic oxidation sites excluding steroid dienone is 2. The van der Waals surface area contributed by atoms with Crippen LogP contribution in [-0.4, -0.2) is 81.3 Å². The van der Waals surface area contributed by atoms with E-state index < -0.39 is 28.7 Å². The van der Waals surface area contributed by atoms with E-state index in [1.165, 1.54) is 46.3 Å². The third kappa shape index (κ3) is 6.99. The lowest BCUT2D eigenvalue weighted by molar-refractivity contribution is -0.137. The van der Waals surface area contributed by atoms with Gasteiger partial charge in [-0.1, -0.05) is 31.4 Å². The van der Waals surface area contributed by atoms with Crippen LogP contribution in [0.2, 0.25) is 0 Å². The van der Waals surface area contributed by atoms with Crippen molar-refractivity contribution in [3.8, 4) is 0 Å². The van der Waals surface area contributed by atoms with Crippen molar-refractivity contribution in [1.82, 2.24) is 15.1 Å². The molecule has 3 aliphatic rings. The molecular weight excluding hydrogens is 574 g/mol. The Morgan fingerprint density at radius 3 is 2.13 bits per heavy atom. The smallest absolute Gasteiger partial charge is 0.336 e. The zero-order valence-corrected chi connectivity index (χ0v) is 26.8. The van der Waals surface area contributed by atoms with Crippen LogP contribution >= 0.6 is 0 Å². The van der Waals surface area contributed by atoms with Crippen molar-refractivity contribution >= 4 is 29.0 Å². The van der Waals surface area contributed by atoms with Crippen molar-refractivity contribution in [2.24, 2.45) is 0 Å². The van der Waals surface area contributed by atoms with Gasteiger partial charge in [-0.25, -0.2) is 9.59 Å². The molecule has 242 valence electrons. The number of nitrogens with zero attached hydrogens (tertiary/aromatic N) is 2. The summed E-state index contributed by atoms with van der Waals surface area (Å²) >= 11 is 0. The van der Waals surface area contributed by atoms with E-state index in [0.717, 1.165) is 45.2 Å². The first-order valence-corrected chi connectivity index (χ1v) is 16.0. The fraction of sp³-hybridized carbons (Fsp3) is 0.529. The van der Waals surface area contributed by atoms with Gasteiger partial charge in [0.05, 0.1) is 31.3 Å². The summed E-state index contributed by atoms with van der Waals surface area (Å²) < 4.78 is 10.1. The van der Waals surface area contributed by atoms with Crippen molar-refractivity contribution in [2.75, 3.05) is 64.1 Å². The molecule has 5 rings (SSSR count). The van der Waals surface area contributed by atoms with E-state index in [1.54, 1.807) is 38.1 Å². The largest absolute Gasteiger partial charge is 0.466 e. The first-order valence-electron chi connectivity index (χ1n) is 16.0. The van der Waals surface area contributed by atoms with Gasteiger partial charge < -0.3 is 30.3 Å². The molecule has 0 atom stereocenters. The molecule has 1 aliphatic carbocycles. The zero-order valence-electron chi connectivity index (χ0n) is 26.8. The van der Waals surface area contributed by atoms with E-state index in [1.807, 2.05) is 0 Å². The maximum atomic E-state index is 12.9. The van der Waals surface area contributed by atoms with Crippen molar-refractivity contribution in [3.63, 3.8) is 0 Å². The van der Waals surface area contributed by atoms with Gasteiger partial charge in [-0.15, -0.1) is 0 Å². The summed E-state index contributed by atoms with van der Waals surface area (Å²) in [5, 5.41) is 9.38. The minimum atomic E-state index is -0.761. The lowest BCUT2D eigenvalue weighted by Crippen LogP contribution is -2.51. The highest BCUT2D eigenvalue weighted by Crippen LogP contribution is 2.40. The monoisotopic (exact) mass is 619 g/mol. The summed E-state index contributed by atoms with van der Waals surface area (Å²) in [4.78, 5) is 55.9. The summed E-state index contributed by atoms with van der Waals surface area (Å²) in [6.45, 7) is 9.38. The predicted molar refractivity (Wildman–Crippen MR) is 174 cm³/mol. The minimum Gasteiger partial charge on any atom is -0.466 e. The van der Waals surface area contributed by atoms with Gasteiger partial charge in [-0.05, 0) is 57.4 Å². The van der Waals surface area contributed by atoms with E-state index in [0.29, 0.717) is 29.2 Å². The average Bonchev–Trinajstić information content (AvgIpc) is 3.07. The molecule has 0 spiro atoms. The van der Waals surface area contributed by atoms with Gasteiger partial charge >= 0.3 is 11.9 Å². The minimum absolute atomic E-state index is 0.211. The van der Waals surface area contributed by atoms with Gasteiger partial charge in [0.1, 0.15) is 11.4 Å². The summed E-state index contributed by atoms with van der Waals surface area (Å²) in [5.74, 6) is -1.91. The number of carbonyl (C=O) groups excluding carboxylic acids is 2. The molecule has 11 nitrogen and oxygen atoms in total. The molecule has 2 aliphatic heterocycles. The maximum absolute atomic E-state index is 12.9. The predicted octanol–water partition coefficient (Wildman–Crippen LogP) is 3.36. The molecule has 0 amide bonds. The van der Waals surface area contributed by atoms with Crippen LogP contribution in [-0.2, 0) is 19.1 Å². The number of anilines is 3. The zero-order chi connectivity index (χ0) is 32.1. The number of piperazine rings is 1. The van der Waals surface area contributed by atoms with E-state index in [4.69, 9.17) is 9.47 Å². The third-order valence-electron chi connectivity index (χ3n) is 9.42. The number of esters is 2. The Labute approximate surface area is 264 Å². The molecule has 11 heteroatoms. The van der Waals surface area contributed by atoms with Crippen LogP contribution in [0.3, 0.4) is 0 Å². The number of hydrogen-bond donors (Lipinski definition) is 3. The SMILES string of the molecule is COC(=O)C1=C(C)NC(C)=C(C(=O)OC)C1c1cccc(Nc2c(NCCCN3CCN(C4CCCCC4)CC3)c(=O)c2=O)c1. The van der Waals surface area contributed by atoms with Crippen LogP contribution in [0.1, 0.15) is 63.9 Å². The molecule has 2 fully saturated rings. The molecule has 45 heavy (non-hydrogen) atoms. The highest BCUT2D eigenvalue weighted by Gasteiger charge is 2.37. The number of hydrogen-bond acceptors (Lipinski definition) is 11. The number of dihydropyridines is 1. The molecule has 1 saturated carbocycles. The molecule has 0 aromatic heterocycles. The van der Waals surface area contributed by atoms with Gasteiger partial charge in [0, 0.05) is 55.8 Å². The Kier molecular flexibility index (Phi) is 10.4. The Morgan fingerprint density at radius 2 is 1.51 bits per heavy atom. The molecular formula is C34H45N5O6. The van der Waals surface area contributed by atoms with E-state index >= 15 is 0 Å². The van der Waals surface area contributed by atoms with Crippen molar-refractivity contribution in [2.45, 2.75) is 64.3 Å². The Balaban J connectivity index is 1.23. The maximum Gasteiger partial charge on any atom is 0.336 e. The van der Waals surface area contributed by atoms with E-state index in [-0.39, 0.29) is 22.5 Å². The van der Waals surface area contributed by atoms with Gasteiger partial charge in [-0.3, -0.25) is 14.5 Å². The number of ether oxygens (including phenoxy) is 2. The van der Waals surface area contributed by atoms with Crippen LogP contribution in [0, 0.1) is 0 Å². The number of nitrogens with one attached hydrogen (secondary N) is 3. The van der Waals surface area contributed by atoms with Gasteiger partial charge in [0.25, 0.3) is 10.9 Å². The molecule has 0 bridgehead atoms. The van der Waals surface area contributed by atoms with Crippen molar-refractivity contribution in [3.05, 3.63) is 72.8 Å². The number of rotatable bonds is 11. The van der Waals surface area contributed by atoms with Crippen LogP contribution < -0.4 is 26.8 Å². The molecule has 0 unspecified atom stereocenters. The summed E-state index contributed by atoms with van der Waals surface area (Å²) in [6, 6.07) is 7.84. The number of benzene rings is 1. The first kappa shape index (κ1) is 32.4. The molecule has 0 radical (unpaired) electrons. The van der Waals surface area contributed by atoms with Gasteiger partial charge in [0.15, 0.2) is 0 Å². The summed E-state index contributed by atoms with van der Waals surface area (Å²) in [7, 11) is 2.58. The molecule has 2 aromatic rings. The van der Waals surface area contributed by atoms with E-state index in [2.05, 4.69) is 25.8 Å². The number of methoxy groups -OCH3 is 2. The molecule has 2 aromatic carbocycles. The average molecular weight is 620 g/mol. The summed E-state index contributed by atoms with van der Waals surface area (Å²) in [6.07, 6.45) is 7.61. The Morgan fingerprint density at radius 1 is 0.889 bits per heavy atom. The van der Waals surface area contributed by atoms with Gasteiger partial charge in [0.2, 0.25) is 0 Å². The second kappa shape index (κ2) is 14.4. The molecule has 1 saturated heterocycles. The van der Waals surface area contributed by atoms with Crippen LogP contribution in [0.15, 0.2) is 56.4 Å². The Bertz CT molecular complexity index is 1500. The van der Waals surface area contributed by atoms with Gasteiger partial charge in [-0.2, -0.15) is 0 Å². The van der Waals surface area contributed by atoms with E-state index in [9.17, 15) is 19.2 Å². The quantitative estimate of drug-likeness (QED) is 0.195. The topological polar surface area (TPSA) is 129 Å². The second-order valence-electron chi connectivity index (χ2n) is 12.2. The standard InChI is InChI=1S/C34H45N5O6/c1-21-26(33(42)44-3)28(27(22(2)36-21)34(43)45-4)23-10-8-11-24(20-23)37-30-29(31(40)32(30)41)35-14-9-15-38-16-18-39(19-17-38)25-12-6-5-7-13-25/h8,10-11,20,25,28,35-37H,5-7,9,12-19H2,1-4H3. The van der Waals surface area contributed by atoms with Crippen LogP contribution in [0.4, 0.5) is 17.1 Å². The third-order valence-corrected chi connectivity index (χ3v) is 9.42. The molecule has 2 heterocycles. The lowest BCUT2D eigenvalue weighted by atomic mass is 9.80. The fourth-order valence-electron chi connectivity index (χ4n) is 7.02.